The Labute approximate surface area is 135 Å². The molecule has 0 bridgehead atoms. The van der Waals surface area contributed by atoms with E-state index in [2.05, 4.69) is 5.32 Å². The topological polar surface area (TPSA) is 78.8 Å². The predicted octanol–water partition coefficient (Wildman–Crippen LogP) is 2.61. The minimum Gasteiger partial charge on any atom is -0.497 e. The van der Waals surface area contributed by atoms with Gasteiger partial charge >= 0.3 is 5.97 Å². The van der Waals surface area contributed by atoms with Gasteiger partial charge in [0.1, 0.15) is 5.75 Å². The molecule has 0 amide bonds. The minimum absolute atomic E-state index is 0.0145. The predicted molar refractivity (Wildman–Crippen MR) is 87.7 cm³/mol. The molecule has 2 aromatic rings. The first-order valence-corrected chi connectivity index (χ1v) is 7.44. The molecule has 0 aromatic heterocycles. The molecule has 0 aliphatic rings. The van der Waals surface area contributed by atoms with E-state index in [9.17, 15) is 9.90 Å². The Bertz CT molecular complexity index is 640. The average molecular weight is 315 g/mol. The molecular formula is C18H21NO4. The van der Waals surface area contributed by atoms with Gasteiger partial charge in [-0.05, 0) is 41.8 Å². The number of aliphatic hydroxyl groups excluding tert-OH is 1. The summed E-state index contributed by atoms with van der Waals surface area (Å²) >= 11 is 0. The molecule has 0 radical (unpaired) electrons. The van der Waals surface area contributed by atoms with Crippen molar-refractivity contribution in [1.82, 2.24) is 5.32 Å². The SMILES string of the molecule is COc1ccc(C(CCO)NCc2cccc(C(=O)O)c2)cc1. The van der Waals surface area contributed by atoms with Crippen LogP contribution in [0.4, 0.5) is 0 Å². The molecule has 23 heavy (non-hydrogen) atoms. The Kier molecular flexibility index (Phi) is 6.14. The van der Waals surface area contributed by atoms with Gasteiger partial charge in [0, 0.05) is 19.2 Å². The third-order valence-corrected chi connectivity index (χ3v) is 3.66. The monoisotopic (exact) mass is 315 g/mol. The summed E-state index contributed by atoms with van der Waals surface area (Å²) in [6, 6.07) is 14.5. The molecule has 2 rings (SSSR count). The first-order valence-electron chi connectivity index (χ1n) is 7.44. The van der Waals surface area contributed by atoms with Crippen LogP contribution >= 0.6 is 0 Å². The third-order valence-electron chi connectivity index (χ3n) is 3.66. The van der Waals surface area contributed by atoms with Crippen molar-refractivity contribution in [2.24, 2.45) is 0 Å². The van der Waals surface area contributed by atoms with Crippen molar-refractivity contribution >= 4 is 5.97 Å². The molecule has 0 fully saturated rings. The lowest BCUT2D eigenvalue weighted by Gasteiger charge is -2.19. The van der Waals surface area contributed by atoms with E-state index in [1.807, 2.05) is 30.3 Å². The normalized spacial score (nSPS) is 11.9. The van der Waals surface area contributed by atoms with Crippen LogP contribution in [-0.2, 0) is 6.54 Å². The van der Waals surface area contributed by atoms with E-state index < -0.39 is 5.97 Å². The van der Waals surface area contributed by atoms with Crippen molar-refractivity contribution in [1.29, 1.82) is 0 Å². The number of methoxy groups -OCH3 is 1. The Balaban J connectivity index is 2.07. The number of hydrogen-bond donors (Lipinski definition) is 3. The van der Waals surface area contributed by atoms with E-state index in [4.69, 9.17) is 9.84 Å². The first kappa shape index (κ1) is 17.0. The van der Waals surface area contributed by atoms with Crippen molar-refractivity contribution in [3.8, 4) is 5.75 Å². The van der Waals surface area contributed by atoms with Gasteiger partial charge in [-0.15, -0.1) is 0 Å². The molecule has 1 unspecified atom stereocenters. The highest BCUT2D eigenvalue weighted by Crippen LogP contribution is 2.20. The van der Waals surface area contributed by atoms with E-state index in [1.54, 1.807) is 25.3 Å². The smallest absolute Gasteiger partial charge is 0.335 e. The van der Waals surface area contributed by atoms with Crippen LogP contribution in [0.5, 0.6) is 5.75 Å². The highest BCUT2D eigenvalue weighted by atomic mass is 16.5. The van der Waals surface area contributed by atoms with E-state index in [0.717, 1.165) is 16.9 Å². The van der Waals surface area contributed by atoms with E-state index >= 15 is 0 Å². The highest BCUT2D eigenvalue weighted by Gasteiger charge is 2.11. The Morgan fingerprint density at radius 1 is 1.22 bits per heavy atom. The van der Waals surface area contributed by atoms with Gasteiger partial charge in [-0.25, -0.2) is 4.79 Å². The van der Waals surface area contributed by atoms with Crippen molar-refractivity contribution in [2.45, 2.75) is 19.0 Å². The van der Waals surface area contributed by atoms with Gasteiger partial charge in [0.05, 0.1) is 12.7 Å². The number of carbonyl (C=O) groups is 1. The fourth-order valence-electron chi connectivity index (χ4n) is 2.41. The van der Waals surface area contributed by atoms with Gasteiger partial charge in [-0.1, -0.05) is 24.3 Å². The van der Waals surface area contributed by atoms with Crippen LogP contribution in [0.25, 0.3) is 0 Å². The molecule has 122 valence electrons. The number of benzene rings is 2. The lowest BCUT2D eigenvalue weighted by Crippen LogP contribution is -2.22. The quantitative estimate of drug-likeness (QED) is 0.698. The summed E-state index contributed by atoms with van der Waals surface area (Å²) in [5, 5.41) is 21.7. The van der Waals surface area contributed by atoms with Crippen LogP contribution in [0.2, 0.25) is 0 Å². The van der Waals surface area contributed by atoms with E-state index in [0.29, 0.717) is 13.0 Å². The Morgan fingerprint density at radius 3 is 2.57 bits per heavy atom. The van der Waals surface area contributed by atoms with Crippen LogP contribution in [0.3, 0.4) is 0 Å². The maximum Gasteiger partial charge on any atom is 0.335 e. The Morgan fingerprint density at radius 2 is 1.96 bits per heavy atom. The van der Waals surface area contributed by atoms with Gasteiger partial charge in [0.25, 0.3) is 0 Å². The summed E-state index contributed by atoms with van der Waals surface area (Å²) < 4.78 is 5.15. The molecule has 0 aliphatic carbocycles. The van der Waals surface area contributed by atoms with Gasteiger partial charge in [0.15, 0.2) is 0 Å². The summed E-state index contributed by atoms with van der Waals surface area (Å²) in [6.45, 7) is 0.594. The zero-order chi connectivity index (χ0) is 16.7. The molecule has 1 atom stereocenters. The Hall–Kier alpha value is -2.37. The largest absolute Gasteiger partial charge is 0.497 e. The maximum absolute atomic E-state index is 11.0. The van der Waals surface area contributed by atoms with Gasteiger partial charge in [0.2, 0.25) is 0 Å². The van der Waals surface area contributed by atoms with Crippen molar-refractivity contribution in [2.75, 3.05) is 13.7 Å². The second kappa shape index (κ2) is 8.31. The molecular weight excluding hydrogens is 294 g/mol. The molecule has 2 aromatic carbocycles. The van der Waals surface area contributed by atoms with Crippen LogP contribution in [0.15, 0.2) is 48.5 Å². The van der Waals surface area contributed by atoms with Crippen molar-refractivity contribution in [3.63, 3.8) is 0 Å². The molecule has 3 N–H and O–H groups in total. The third kappa shape index (κ3) is 4.81. The summed E-state index contributed by atoms with van der Waals surface area (Å²) in [6.07, 6.45) is 0.574. The summed E-state index contributed by atoms with van der Waals surface area (Å²) in [4.78, 5) is 11.0. The molecule has 5 nitrogen and oxygen atoms in total. The fraction of sp³-hybridized carbons (Fsp3) is 0.278. The lowest BCUT2D eigenvalue weighted by molar-refractivity contribution is 0.0696. The fourth-order valence-corrected chi connectivity index (χ4v) is 2.41. The van der Waals surface area contributed by atoms with Gasteiger partial charge < -0.3 is 20.3 Å². The second-order valence-corrected chi connectivity index (χ2v) is 5.22. The van der Waals surface area contributed by atoms with Crippen molar-refractivity contribution < 1.29 is 19.7 Å². The number of rotatable bonds is 8. The molecule has 0 heterocycles. The zero-order valence-electron chi connectivity index (χ0n) is 13.0. The molecule has 0 aliphatic heterocycles. The number of carboxylic acids is 1. The molecule has 0 saturated carbocycles. The number of aromatic carboxylic acids is 1. The standard InChI is InChI=1S/C18H21NO4/c1-23-16-7-5-14(6-8-16)17(9-10-20)19-12-13-3-2-4-15(11-13)18(21)22/h2-8,11,17,19-20H,9-10,12H2,1H3,(H,21,22). The van der Waals surface area contributed by atoms with Crippen LogP contribution in [0.1, 0.15) is 33.9 Å². The van der Waals surface area contributed by atoms with Crippen LogP contribution < -0.4 is 10.1 Å². The van der Waals surface area contributed by atoms with E-state index in [1.165, 1.54) is 0 Å². The van der Waals surface area contributed by atoms with E-state index in [-0.39, 0.29) is 18.2 Å². The first-order chi connectivity index (χ1) is 11.1. The zero-order valence-corrected chi connectivity index (χ0v) is 13.0. The summed E-state index contributed by atoms with van der Waals surface area (Å²) in [5.41, 5.74) is 2.21. The number of nitrogens with one attached hydrogen (secondary N) is 1. The minimum atomic E-state index is -0.936. The summed E-state index contributed by atoms with van der Waals surface area (Å²) in [5.74, 6) is -0.153. The molecule has 0 saturated heterocycles. The van der Waals surface area contributed by atoms with Gasteiger partial charge in [-0.3, -0.25) is 0 Å². The lowest BCUT2D eigenvalue weighted by atomic mass is 10.0. The molecule has 5 heteroatoms. The second-order valence-electron chi connectivity index (χ2n) is 5.22. The highest BCUT2D eigenvalue weighted by molar-refractivity contribution is 5.87. The van der Waals surface area contributed by atoms with Crippen LogP contribution in [0, 0.1) is 0 Å². The number of hydrogen-bond acceptors (Lipinski definition) is 4. The summed E-state index contributed by atoms with van der Waals surface area (Å²) in [7, 11) is 1.62. The maximum atomic E-state index is 11.0. The number of carboxylic acid groups (broad SMARTS) is 1. The molecule has 0 spiro atoms. The van der Waals surface area contributed by atoms with Gasteiger partial charge in [-0.2, -0.15) is 0 Å². The number of aliphatic hydroxyl groups is 1. The average Bonchev–Trinajstić information content (AvgIpc) is 2.59. The van der Waals surface area contributed by atoms with Crippen molar-refractivity contribution in [3.05, 3.63) is 65.2 Å². The van der Waals surface area contributed by atoms with Crippen LogP contribution in [-0.4, -0.2) is 29.9 Å². The number of ether oxygens (including phenoxy) is 1.